The first-order chi connectivity index (χ1) is 14.9. The molecule has 0 aliphatic heterocycles. The Morgan fingerprint density at radius 2 is 0.968 bits per heavy atom. The van der Waals surface area contributed by atoms with Gasteiger partial charge in [0, 0.05) is 22.6 Å². The molecule has 31 heavy (non-hydrogen) atoms. The largest absolute Gasteiger partial charge is 0.311 e. The zero-order valence-electron chi connectivity index (χ0n) is 18.9. The van der Waals surface area contributed by atoms with Gasteiger partial charge in [0.1, 0.15) is 12.2 Å². The van der Waals surface area contributed by atoms with Gasteiger partial charge in [0.25, 0.3) is 0 Å². The van der Waals surface area contributed by atoms with Crippen LogP contribution in [0.25, 0.3) is 0 Å². The molecule has 0 unspecified atom stereocenters. The third-order valence-corrected chi connectivity index (χ3v) is 5.81. The lowest BCUT2D eigenvalue weighted by Crippen LogP contribution is -2.39. The van der Waals surface area contributed by atoms with Crippen LogP contribution >= 0.6 is 0 Å². The molecule has 0 amide bonds. The molecule has 0 atom stereocenters. The fraction of sp³-hybridized carbons (Fsp3) is 0.172. The molecule has 0 aliphatic carbocycles. The number of nitrogens with zero attached hydrogens (tertiary/aromatic N) is 2. The average molecular weight is 408 g/mol. The van der Waals surface area contributed by atoms with E-state index < -0.39 is 0 Å². The van der Waals surface area contributed by atoms with E-state index in [2.05, 4.69) is 136 Å². The molecule has 2 heteroatoms. The molecule has 0 spiro atoms. The Bertz CT molecular complexity index is 1060. The third kappa shape index (κ3) is 4.87. The van der Waals surface area contributed by atoms with Gasteiger partial charge < -0.3 is 4.90 Å². The van der Waals surface area contributed by atoms with Crippen molar-refractivity contribution in [1.82, 2.24) is 4.48 Å². The molecular formula is C29H31N2+. The highest BCUT2D eigenvalue weighted by molar-refractivity contribution is 5.76. The predicted octanol–water partition coefficient (Wildman–Crippen LogP) is 7.54. The summed E-state index contributed by atoms with van der Waals surface area (Å²) < 4.78 is 0.819. The van der Waals surface area contributed by atoms with Crippen molar-refractivity contribution in [2.45, 2.75) is 20.4 Å². The highest BCUT2D eigenvalue weighted by Crippen LogP contribution is 2.35. The molecule has 0 fully saturated rings. The molecule has 156 valence electrons. The normalized spacial score (nSPS) is 11.4. The molecule has 4 rings (SSSR count). The molecule has 0 N–H and O–H groups in total. The van der Waals surface area contributed by atoms with E-state index in [-0.39, 0.29) is 0 Å². The van der Waals surface area contributed by atoms with Crippen molar-refractivity contribution in [2.24, 2.45) is 0 Å². The number of anilines is 3. The maximum absolute atomic E-state index is 2.32. The summed E-state index contributed by atoms with van der Waals surface area (Å²) in [4.78, 5) is 2.32. The molecular weight excluding hydrogens is 376 g/mol. The summed E-state index contributed by atoms with van der Waals surface area (Å²) in [5.41, 5.74) is 8.68. The minimum Gasteiger partial charge on any atom is -0.311 e. The van der Waals surface area contributed by atoms with Gasteiger partial charge in [-0.25, -0.2) is 0 Å². The number of hydrogen-bond acceptors (Lipinski definition) is 1. The van der Waals surface area contributed by atoms with Crippen molar-refractivity contribution in [1.29, 1.82) is 0 Å². The van der Waals surface area contributed by atoms with Crippen molar-refractivity contribution in [3.05, 3.63) is 120 Å². The maximum Gasteiger partial charge on any atom is 0.132 e. The van der Waals surface area contributed by atoms with E-state index in [0.717, 1.165) is 11.0 Å². The van der Waals surface area contributed by atoms with Gasteiger partial charge in [-0.1, -0.05) is 65.7 Å². The van der Waals surface area contributed by atoms with Gasteiger partial charge in [-0.2, -0.15) is 0 Å². The van der Waals surface area contributed by atoms with Gasteiger partial charge >= 0.3 is 0 Å². The molecule has 0 aromatic heterocycles. The highest BCUT2D eigenvalue weighted by atomic mass is 15.3. The van der Waals surface area contributed by atoms with Crippen LogP contribution in [0.15, 0.2) is 103 Å². The fourth-order valence-electron chi connectivity index (χ4n) is 3.96. The Balaban J connectivity index is 1.65. The Kier molecular flexibility index (Phi) is 5.92. The van der Waals surface area contributed by atoms with E-state index in [0.29, 0.717) is 0 Å². The molecule has 0 saturated heterocycles. The molecule has 0 aliphatic rings. The second kappa shape index (κ2) is 8.79. The molecule has 0 radical (unpaired) electrons. The van der Waals surface area contributed by atoms with Crippen LogP contribution < -0.4 is 9.38 Å². The second-order valence-electron chi connectivity index (χ2n) is 8.85. The van der Waals surface area contributed by atoms with Gasteiger partial charge in [-0.05, 0) is 62.4 Å². The second-order valence-corrected chi connectivity index (χ2v) is 8.85. The fourth-order valence-corrected chi connectivity index (χ4v) is 3.96. The number of rotatable bonds is 6. The number of benzene rings is 4. The lowest BCUT2D eigenvalue weighted by molar-refractivity contribution is 0.392. The molecule has 0 heterocycles. The SMILES string of the molecule is Cc1ccc(N(c2ccc(C)cc2)c2ccc(C[N+](C)(C)c3ccccc3)cc2)cc1. The first-order valence-electron chi connectivity index (χ1n) is 10.8. The molecule has 2 nitrogen and oxygen atoms in total. The van der Waals surface area contributed by atoms with E-state index >= 15 is 0 Å². The third-order valence-electron chi connectivity index (χ3n) is 5.81. The number of aryl methyl sites for hydroxylation is 2. The van der Waals surface area contributed by atoms with Crippen LogP contribution in [0.4, 0.5) is 22.7 Å². The summed E-state index contributed by atoms with van der Waals surface area (Å²) in [7, 11) is 4.52. The van der Waals surface area contributed by atoms with Crippen molar-refractivity contribution in [3.8, 4) is 0 Å². The van der Waals surface area contributed by atoms with Crippen LogP contribution in [0.2, 0.25) is 0 Å². The summed E-state index contributed by atoms with van der Waals surface area (Å²) in [5.74, 6) is 0. The lowest BCUT2D eigenvalue weighted by Gasteiger charge is -2.30. The van der Waals surface area contributed by atoms with E-state index in [1.54, 1.807) is 0 Å². The Morgan fingerprint density at radius 1 is 0.548 bits per heavy atom. The molecule has 0 saturated carbocycles. The maximum atomic E-state index is 2.32. The summed E-state index contributed by atoms with van der Waals surface area (Å²) >= 11 is 0. The van der Waals surface area contributed by atoms with Crippen LogP contribution in [0.3, 0.4) is 0 Å². The van der Waals surface area contributed by atoms with Gasteiger partial charge in [0.15, 0.2) is 0 Å². The summed E-state index contributed by atoms with van der Waals surface area (Å²) in [6, 6.07) is 37.1. The topological polar surface area (TPSA) is 3.24 Å². The first-order valence-corrected chi connectivity index (χ1v) is 10.8. The monoisotopic (exact) mass is 407 g/mol. The highest BCUT2D eigenvalue weighted by Gasteiger charge is 2.19. The van der Waals surface area contributed by atoms with E-state index in [1.165, 1.54) is 39.4 Å². The first kappa shape index (κ1) is 20.9. The van der Waals surface area contributed by atoms with Gasteiger partial charge in [-0.15, -0.1) is 0 Å². The van der Waals surface area contributed by atoms with Gasteiger partial charge in [-0.3, -0.25) is 4.48 Å². The zero-order valence-corrected chi connectivity index (χ0v) is 18.9. The van der Waals surface area contributed by atoms with Crippen molar-refractivity contribution in [2.75, 3.05) is 19.0 Å². The average Bonchev–Trinajstić information content (AvgIpc) is 2.78. The Morgan fingerprint density at radius 3 is 1.42 bits per heavy atom. The quantitative estimate of drug-likeness (QED) is 0.298. The van der Waals surface area contributed by atoms with Gasteiger partial charge in [0.2, 0.25) is 0 Å². The Hall–Kier alpha value is -3.36. The zero-order chi connectivity index (χ0) is 21.8. The van der Waals surface area contributed by atoms with Crippen LogP contribution in [0, 0.1) is 13.8 Å². The lowest BCUT2D eigenvalue weighted by atomic mass is 10.1. The number of quaternary nitrogens is 1. The molecule has 4 aromatic carbocycles. The minimum atomic E-state index is 0.819. The van der Waals surface area contributed by atoms with Crippen molar-refractivity contribution in [3.63, 3.8) is 0 Å². The number of para-hydroxylation sites is 1. The number of hydrogen-bond donors (Lipinski definition) is 0. The van der Waals surface area contributed by atoms with Crippen LogP contribution in [0.1, 0.15) is 16.7 Å². The summed E-state index contributed by atoms with van der Waals surface area (Å²) in [6.45, 7) is 5.20. The minimum absolute atomic E-state index is 0.819. The summed E-state index contributed by atoms with van der Waals surface area (Å²) in [6.07, 6.45) is 0. The standard InChI is InChI=1S/C29H31N2/c1-23-10-16-26(17-11-23)30(27-18-12-24(2)13-19-27)28-20-14-25(15-21-28)22-31(3,4)29-8-6-5-7-9-29/h5-21H,22H2,1-4H3/q+1. The van der Waals surface area contributed by atoms with Crippen LogP contribution in [0.5, 0.6) is 0 Å². The van der Waals surface area contributed by atoms with Crippen molar-refractivity contribution < 1.29 is 0 Å². The van der Waals surface area contributed by atoms with Gasteiger partial charge in [0.05, 0.1) is 14.1 Å². The Labute approximate surface area is 186 Å². The van der Waals surface area contributed by atoms with Crippen LogP contribution in [-0.4, -0.2) is 14.1 Å². The van der Waals surface area contributed by atoms with Crippen LogP contribution in [-0.2, 0) is 6.54 Å². The molecule has 4 aromatic rings. The predicted molar refractivity (Wildman–Crippen MR) is 134 cm³/mol. The molecule has 0 bridgehead atoms. The van der Waals surface area contributed by atoms with E-state index in [9.17, 15) is 0 Å². The van der Waals surface area contributed by atoms with Crippen molar-refractivity contribution >= 4 is 22.7 Å². The summed E-state index contributed by atoms with van der Waals surface area (Å²) in [5, 5.41) is 0. The van der Waals surface area contributed by atoms with E-state index in [4.69, 9.17) is 0 Å². The smallest absolute Gasteiger partial charge is 0.132 e. The van der Waals surface area contributed by atoms with E-state index in [1.807, 2.05) is 0 Å².